The van der Waals surface area contributed by atoms with Crippen LogP contribution in [-0.4, -0.2) is 97.3 Å². The highest BCUT2D eigenvalue weighted by atomic mass is 31.2. The van der Waals surface area contributed by atoms with Gasteiger partial charge in [-0.2, -0.15) is 0 Å². The summed E-state index contributed by atoms with van der Waals surface area (Å²) in [6.45, 7) is 0.868. The fourth-order valence-corrected chi connectivity index (χ4v) is 7.47. The van der Waals surface area contributed by atoms with Gasteiger partial charge in [-0.15, -0.1) is 0 Å². The normalized spacial score (nSPS) is 32.7. The Morgan fingerprint density at radius 2 is 1.69 bits per heavy atom. The van der Waals surface area contributed by atoms with Crippen molar-refractivity contribution in [3.8, 4) is 0 Å². The number of aryl methyl sites for hydroxylation is 1. The number of nitrogens with zero attached hydrogens (tertiary/aromatic N) is 7. The average molecular weight is 687 g/mol. The van der Waals surface area contributed by atoms with Gasteiger partial charge in [-0.3, -0.25) is 32.6 Å². The number of aliphatic hydroxyl groups is 2. The molecule has 2 saturated heterocycles. The molecule has 0 spiro atoms. The number of aromatic amines is 1. The zero-order valence-electron chi connectivity index (χ0n) is 24.7. The summed E-state index contributed by atoms with van der Waals surface area (Å²) in [5.74, 6) is 0.353. The zero-order valence-corrected chi connectivity index (χ0v) is 25.6. The molecule has 252 valence electrons. The number of aliphatic hydroxyl groups excluding tert-OH is 2. The van der Waals surface area contributed by atoms with E-state index in [1.54, 1.807) is 6.92 Å². The van der Waals surface area contributed by atoms with Gasteiger partial charge in [-0.25, -0.2) is 29.5 Å². The van der Waals surface area contributed by atoms with Gasteiger partial charge in [-0.1, -0.05) is 0 Å². The number of phosphoric acid groups is 1. The minimum atomic E-state index is -4.99. The van der Waals surface area contributed by atoms with Crippen LogP contribution >= 0.6 is 7.82 Å². The number of hydrogen-bond donors (Lipinski definition) is 6. The maximum Gasteiger partial charge on any atom is 0.472 e. The molecule has 2 fully saturated rings. The van der Waals surface area contributed by atoms with Crippen molar-refractivity contribution in [1.29, 1.82) is 0 Å². The van der Waals surface area contributed by atoms with Crippen LogP contribution < -0.4 is 27.5 Å². The molecule has 3 aliphatic heterocycles. The molecule has 0 amide bonds. The largest absolute Gasteiger partial charge is 0.472 e. The molecule has 0 aliphatic carbocycles. The van der Waals surface area contributed by atoms with Crippen molar-refractivity contribution in [2.45, 2.75) is 68.8 Å². The van der Waals surface area contributed by atoms with E-state index in [2.05, 4.69) is 35.2 Å². The Hall–Kier alpha value is -4.47. The van der Waals surface area contributed by atoms with Gasteiger partial charge < -0.3 is 40.6 Å². The number of ether oxygens (including phenoxy) is 2. The first-order valence-corrected chi connectivity index (χ1v) is 16.2. The smallest absolute Gasteiger partial charge is 0.388 e. The van der Waals surface area contributed by atoms with Crippen LogP contribution in [0.4, 0.5) is 11.5 Å². The molecule has 2 bridgehead atoms. The lowest BCUT2D eigenvalue weighted by atomic mass is 9.96. The highest BCUT2D eigenvalue weighted by Gasteiger charge is 2.51. The van der Waals surface area contributed by atoms with Crippen molar-refractivity contribution in [3.63, 3.8) is 0 Å². The number of aromatic nitrogens is 8. The minimum absolute atomic E-state index is 0.0193. The number of nitrogen functional groups attached to an aromatic ring is 1. The van der Waals surface area contributed by atoms with Crippen LogP contribution in [0.2, 0.25) is 0 Å². The van der Waals surface area contributed by atoms with Crippen molar-refractivity contribution >= 4 is 41.7 Å². The number of hydrogen-bond acceptors (Lipinski definition) is 17. The monoisotopic (exact) mass is 686 g/mol. The SMILES string of the molecule is Cc1nc2c(ncn2[C@@H]2O[C@@H]3COP(=O)(O)O[C@@H]4C(O)[C@H](n5cnc6c(N)ncnc65)O[C@@H]4CCc4c(c(=O)c4=O)N[C@H]2C3O)c(=O)[nH]1. The topological polar surface area (TPSA) is 294 Å². The standard InChI is InChI=1S/C26H27N10O11P/c1-8-32-23-15(24(41)33-8)31-7-36(23)25-13-17(38)11(46-25)4-44-48(42,43)47-20-10(3-2-9-12(34-13)18(39)16(9)37)45-26(19(20)40)35-6-30-14-21(27)28-5-29-22(14)35/h5-7,10-11,13,17,19-20,25-26,34,38,40H,2-4H2,1H3,(H,42,43)(H2,27,28,29)(H,32,33,41)/t10-,11-,13+,17?,19?,20+,25-,26-/m1/s1. The van der Waals surface area contributed by atoms with Crippen LogP contribution in [0.15, 0.2) is 33.4 Å². The summed E-state index contributed by atoms with van der Waals surface area (Å²) in [5, 5.41) is 25.6. The van der Waals surface area contributed by atoms with Gasteiger partial charge in [-0.05, 0) is 19.8 Å². The van der Waals surface area contributed by atoms with E-state index >= 15 is 0 Å². The molecule has 0 radical (unpaired) electrons. The highest BCUT2D eigenvalue weighted by Crippen LogP contribution is 2.50. The van der Waals surface area contributed by atoms with E-state index in [0.29, 0.717) is 0 Å². The first kappa shape index (κ1) is 30.8. The third-order valence-corrected chi connectivity index (χ3v) is 9.81. The number of imidazole rings is 2. The van der Waals surface area contributed by atoms with Gasteiger partial charge in [0, 0.05) is 5.56 Å². The van der Waals surface area contributed by atoms with Crippen molar-refractivity contribution in [2.75, 3.05) is 17.7 Å². The van der Waals surface area contributed by atoms with Crippen LogP contribution in [-0.2, 0) is 29.5 Å². The lowest BCUT2D eigenvalue weighted by molar-refractivity contribution is -0.0504. The Morgan fingerprint density at radius 3 is 2.48 bits per heavy atom. The molecule has 0 saturated carbocycles. The Kier molecular flexibility index (Phi) is 7.09. The summed E-state index contributed by atoms with van der Waals surface area (Å²) in [5.41, 5.74) is 4.30. The van der Waals surface area contributed by atoms with Gasteiger partial charge in [0.05, 0.1) is 31.1 Å². The molecule has 3 unspecified atom stereocenters. The van der Waals surface area contributed by atoms with Crippen LogP contribution in [0.25, 0.3) is 22.3 Å². The summed E-state index contributed by atoms with van der Waals surface area (Å²) < 4.78 is 38.9. The molecule has 7 heterocycles. The molecule has 7 N–H and O–H groups in total. The predicted molar refractivity (Wildman–Crippen MR) is 160 cm³/mol. The van der Waals surface area contributed by atoms with Gasteiger partial charge >= 0.3 is 7.82 Å². The van der Waals surface area contributed by atoms with Crippen LogP contribution in [0.1, 0.15) is 30.3 Å². The molecule has 8 rings (SSSR count). The molecule has 1 aromatic carbocycles. The third-order valence-electron chi connectivity index (χ3n) is 8.82. The minimum Gasteiger partial charge on any atom is -0.388 e. The lowest BCUT2D eigenvalue weighted by Gasteiger charge is -2.27. The van der Waals surface area contributed by atoms with Crippen LogP contribution in [0.3, 0.4) is 0 Å². The van der Waals surface area contributed by atoms with Crippen LogP contribution in [0, 0.1) is 6.92 Å². The van der Waals surface area contributed by atoms with E-state index in [1.165, 1.54) is 28.1 Å². The second kappa shape index (κ2) is 11.0. The number of rotatable bonds is 2. The maximum absolute atomic E-state index is 13.3. The van der Waals surface area contributed by atoms with E-state index in [4.69, 9.17) is 24.3 Å². The number of phosphoric ester groups is 1. The summed E-state index contributed by atoms with van der Waals surface area (Å²) >= 11 is 0. The van der Waals surface area contributed by atoms with E-state index in [1.807, 2.05) is 0 Å². The van der Waals surface area contributed by atoms with Crippen molar-refractivity contribution in [2.24, 2.45) is 0 Å². The van der Waals surface area contributed by atoms with Gasteiger partial charge in [0.25, 0.3) is 5.56 Å². The van der Waals surface area contributed by atoms with Gasteiger partial charge in [0.2, 0.25) is 10.9 Å². The molecule has 21 nitrogen and oxygen atoms in total. The molecule has 9 atom stereocenters. The maximum atomic E-state index is 13.3. The molecule has 5 aromatic rings. The molecule has 22 heteroatoms. The van der Waals surface area contributed by atoms with Crippen molar-refractivity contribution < 1.29 is 38.2 Å². The fraction of sp³-hybridized carbons (Fsp3) is 0.462. The molecule has 4 aromatic heterocycles. The Morgan fingerprint density at radius 1 is 0.958 bits per heavy atom. The lowest BCUT2D eigenvalue weighted by Crippen LogP contribution is -2.46. The number of fused-ring (bicyclic) bond motifs is 6. The molecular formula is C26H27N10O11P. The summed E-state index contributed by atoms with van der Waals surface area (Å²) in [4.78, 5) is 72.1. The van der Waals surface area contributed by atoms with E-state index in [9.17, 15) is 34.1 Å². The van der Waals surface area contributed by atoms with Crippen molar-refractivity contribution in [1.82, 2.24) is 39.0 Å². The predicted octanol–water partition coefficient (Wildman–Crippen LogP) is -2.11. The Labute approximate surface area is 266 Å². The van der Waals surface area contributed by atoms with Crippen molar-refractivity contribution in [3.05, 3.63) is 61.2 Å². The molecule has 48 heavy (non-hydrogen) atoms. The number of anilines is 2. The quantitative estimate of drug-likeness (QED) is 0.0855. The first-order chi connectivity index (χ1) is 22.9. The Bertz CT molecular complexity index is 2260. The fourth-order valence-electron chi connectivity index (χ4n) is 6.50. The van der Waals surface area contributed by atoms with Gasteiger partial charge in [0.1, 0.15) is 48.1 Å². The number of nitrogens with one attached hydrogen (secondary N) is 2. The molecular weight excluding hydrogens is 659 g/mol. The van der Waals surface area contributed by atoms with E-state index in [-0.39, 0.29) is 58.1 Å². The number of nitrogens with two attached hydrogens (primary N) is 1. The number of H-pyrrole nitrogens is 1. The first-order valence-electron chi connectivity index (χ1n) is 14.7. The second-order valence-electron chi connectivity index (χ2n) is 11.7. The van der Waals surface area contributed by atoms with E-state index in [0.717, 1.165) is 0 Å². The Balaban J connectivity index is 1.15. The third kappa shape index (κ3) is 4.77. The average Bonchev–Trinajstić information content (AvgIpc) is 3.80. The van der Waals surface area contributed by atoms with Gasteiger partial charge in [0.15, 0.2) is 35.1 Å². The zero-order chi connectivity index (χ0) is 33.6. The summed E-state index contributed by atoms with van der Waals surface area (Å²) in [6.07, 6.45) is -5.73. The molecule has 3 aliphatic rings. The summed E-state index contributed by atoms with van der Waals surface area (Å²) in [6, 6.07) is -1.15. The van der Waals surface area contributed by atoms with Crippen LogP contribution in [0.5, 0.6) is 0 Å². The van der Waals surface area contributed by atoms with E-state index < -0.39 is 79.9 Å². The summed E-state index contributed by atoms with van der Waals surface area (Å²) in [7, 11) is -4.99. The second-order valence-corrected chi connectivity index (χ2v) is 13.1. The highest BCUT2D eigenvalue weighted by molar-refractivity contribution is 7.47.